The van der Waals surface area contributed by atoms with Gasteiger partial charge >= 0.3 is 0 Å². The molecule has 0 aliphatic carbocycles. The Hall–Kier alpha value is -1.74. The first-order valence-electron chi connectivity index (χ1n) is 4.45. The Morgan fingerprint density at radius 3 is 2.81 bits per heavy atom. The zero-order valence-corrected chi connectivity index (χ0v) is 9.12. The molecule has 0 bridgehead atoms. The van der Waals surface area contributed by atoms with Gasteiger partial charge in [-0.25, -0.2) is 12.8 Å². The van der Waals surface area contributed by atoms with Gasteiger partial charge < -0.3 is 0 Å². The summed E-state index contributed by atoms with van der Waals surface area (Å²) < 4.78 is 36.8. The molecular formula is C10H7FN2O2S. The zero-order chi connectivity index (χ0) is 11.9. The van der Waals surface area contributed by atoms with Crippen molar-refractivity contribution in [2.24, 2.45) is 4.99 Å². The topological polar surface area (TPSA) is 70.3 Å². The predicted octanol–water partition coefficient (Wildman–Crippen LogP) is 1.60. The van der Waals surface area contributed by atoms with E-state index in [0.717, 1.165) is 12.1 Å². The highest BCUT2D eigenvalue weighted by Gasteiger charge is 2.35. The van der Waals surface area contributed by atoms with E-state index in [4.69, 9.17) is 5.26 Å². The number of sulfone groups is 1. The second kappa shape index (κ2) is 3.39. The maximum atomic E-state index is 13.0. The monoisotopic (exact) mass is 238 g/mol. The lowest BCUT2D eigenvalue weighted by atomic mass is 10.2. The zero-order valence-electron chi connectivity index (χ0n) is 8.31. The summed E-state index contributed by atoms with van der Waals surface area (Å²) in [7, 11) is -3.84. The predicted molar refractivity (Wildman–Crippen MR) is 55.8 cm³/mol. The second-order valence-corrected chi connectivity index (χ2v) is 5.42. The Labute approximate surface area is 92.0 Å². The lowest BCUT2D eigenvalue weighted by Crippen LogP contribution is -2.29. The number of hydrogen-bond acceptors (Lipinski definition) is 4. The molecule has 16 heavy (non-hydrogen) atoms. The summed E-state index contributed by atoms with van der Waals surface area (Å²) in [5.74, 6) is -0.659. The molecule has 0 radical (unpaired) electrons. The largest absolute Gasteiger partial charge is 0.254 e. The number of nitrogens with zero attached hydrogens (tertiary/aromatic N) is 2. The van der Waals surface area contributed by atoms with Crippen LogP contribution in [0.5, 0.6) is 0 Å². The van der Waals surface area contributed by atoms with Crippen molar-refractivity contribution in [2.75, 3.05) is 0 Å². The van der Waals surface area contributed by atoms with Crippen molar-refractivity contribution < 1.29 is 12.8 Å². The van der Waals surface area contributed by atoms with Gasteiger partial charge in [-0.05, 0) is 25.1 Å². The van der Waals surface area contributed by atoms with E-state index in [1.807, 2.05) is 0 Å². The van der Waals surface area contributed by atoms with Crippen LogP contribution in [-0.2, 0) is 9.84 Å². The van der Waals surface area contributed by atoms with Crippen LogP contribution < -0.4 is 0 Å². The van der Waals surface area contributed by atoms with Gasteiger partial charge in [0, 0.05) is 5.71 Å². The SMILES string of the molecule is CC1=Nc2ccc(F)cc2S(=O)(=O)C1C#N. The first kappa shape index (κ1) is 10.8. The molecule has 82 valence electrons. The summed E-state index contributed by atoms with van der Waals surface area (Å²) in [6.45, 7) is 1.47. The van der Waals surface area contributed by atoms with E-state index in [-0.39, 0.29) is 16.3 Å². The van der Waals surface area contributed by atoms with E-state index in [1.54, 1.807) is 6.07 Å². The first-order valence-corrected chi connectivity index (χ1v) is 5.99. The van der Waals surface area contributed by atoms with Crippen molar-refractivity contribution in [2.45, 2.75) is 17.1 Å². The minimum Gasteiger partial charge on any atom is -0.254 e. The van der Waals surface area contributed by atoms with Crippen molar-refractivity contribution in [1.29, 1.82) is 5.26 Å². The number of aliphatic imine (C=N–C) groups is 1. The third kappa shape index (κ3) is 1.41. The molecule has 1 heterocycles. The molecule has 1 atom stereocenters. The average Bonchev–Trinajstić information content (AvgIpc) is 2.19. The Kier molecular flexibility index (Phi) is 2.28. The number of halogens is 1. The quantitative estimate of drug-likeness (QED) is 0.689. The highest BCUT2D eigenvalue weighted by molar-refractivity contribution is 7.93. The van der Waals surface area contributed by atoms with E-state index in [0.29, 0.717) is 0 Å². The number of rotatable bonds is 0. The molecule has 0 fully saturated rings. The molecule has 1 unspecified atom stereocenters. The minimum absolute atomic E-state index is 0.186. The van der Waals surface area contributed by atoms with Gasteiger partial charge in [0.1, 0.15) is 5.82 Å². The highest BCUT2D eigenvalue weighted by atomic mass is 32.2. The Balaban J connectivity index is 2.80. The molecule has 0 saturated carbocycles. The number of fused-ring (bicyclic) bond motifs is 1. The van der Waals surface area contributed by atoms with Crippen LogP contribution in [0.2, 0.25) is 0 Å². The lowest BCUT2D eigenvalue weighted by molar-refractivity contribution is 0.590. The molecule has 1 aromatic rings. The third-order valence-electron chi connectivity index (χ3n) is 2.33. The maximum Gasteiger partial charge on any atom is 0.202 e. The van der Waals surface area contributed by atoms with Gasteiger partial charge in [0.15, 0.2) is 5.25 Å². The Morgan fingerprint density at radius 2 is 2.19 bits per heavy atom. The second-order valence-electron chi connectivity index (χ2n) is 3.42. The van der Waals surface area contributed by atoms with Crippen LogP contribution in [0.1, 0.15) is 6.92 Å². The van der Waals surface area contributed by atoms with Crippen LogP contribution in [0.15, 0.2) is 28.1 Å². The fraction of sp³-hybridized carbons (Fsp3) is 0.200. The van der Waals surface area contributed by atoms with Crippen molar-refractivity contribution in [3.05, 3.63) is 24.0 Å². The van der Waals surface area contributed by atoms with Crippen LogP contribution in [0.4, 0.5) is 10.1 Å². The number of nitriles is 1. The maximum absolute atomic E-state index is 13.0. The summed E-state index contributed by atoms with van der Waals surface area (Å²) in [5, 5.41) is 7.47. The van der Waals surface area contributed by atoms with E-state index in [1.165, 1.54) is 13.0 Å². The molecule has 1 aromatic carbocycles. The average molecular weight is 238 g/mol. The summed E-state index contributed by atoms with van der Waals surface area (Å²) in [5.41, 5.74) is 0.395. The molecule has 4 nitrogen and oxygen atoms in total. The van der Waals surface area contributed by atoms with Gasteiger partial charge in [-0.1, -0.05) is 0 Å². The van der Waals surface area contributed by atoms with E-state index >= 15 is 0 Å². The van der Waals surface area contributed by atoms with E-state index in [9.17, 15) is 12.8 Å². The van der Waals surface area contributed by atoms with Gasteiger partial charge in [-0.15, -0.1) is 0 Å². The van der Waals surface area contributed by atoms with E-state index in [2.05, 4.69) is 4.99 Å². The van der Waals surface area contributed by atoms with Gasteiger partial charge in [0.2, 0.25) is 9.84 Å². The van der Waals surface area contributed by atoms with E-state index < -0.39 is 20.9 Å². The fourth-order valence-corrected chi connectivity index (χ4v) is 3.15. The summed E-state index contributed by atoms with van der Waals surface area (Å²) in [4.78, 5) is 3.77. The van der Waals surface area contributed by atoms with Gasteiger partial charge in [0.25, 0.3) is 0 Å². The van der Waals surface area contributed by atoms with Gasteiger partial charge in [-0.3, -0.25) is 4.99 Å². The Morgan fingerprint density at radius 1 is 1.50 bits per heavy atom. The lowest BCUT2D eigenvalue weighted by Gasteiger charge is -2.17. The van der Waals surface area contributed by atoms with Crippen LogP contribution in [0.3, 0.4) is 0 Å². The third-order valence-corrected chi connectivity index (χ3v) is 4.34. The van der Waals surface area contributed by atoms with Crippen molar-refractivity contribution >= 4 is 21.2 Å². The van der Waals surface area contributed by atoms with Crippen LogP contribution in [0, 0.1) is 17.1 Å². The molecule has 6 heteroatoms. The Bertz CT molecular complexity index is 629. The number of benzene rings is 1. The summed E-state index contributed by atoms with van der Waals surface area (Å²) >= 11 is 0. The van der Waals surface area contributed by atoms with Crippen LogP contribution >= 0.6 is 0 Å². The minimum atomic E-state index is -3.84. The van der Waals surface area contributed by atoms with Crippen LogP contribution in [0.25, 0.3) is 0 Å². The molecule has 2 rings (SSSR count). The molecule has 0 spiro atoms. The summed E-state index contributed by atoms with van der Waals surface area (Å²) in [6, 6.07) is 4.98. The van der Waals surface area contributed by atoms with Crippen molar-refractivity contribution in [3.8, 4) is 6.07 Å². The first-order chi connectivity index (χ1) is 7.46. The molecule has 0 saturated heterocycles. The standard InChI is InChI=1S/C10H7FN2O2S/c1-6-10(5-12)16(14,15)9-4-7(11)2-3-8(9)13-6/h2-4,10H,1H3. The van der Waals surface area contributed by atoms with Crippen molar-refractivity contribution in [3.63, 3.8) is 0 Å². The molecule has 0 N–H and O–H groups in total. The molecular weight excluding hydrogens is 231 g/mol. The molecule has 0 amide bonds. The van der Waals surface area contributed by atoms with Gasteiger partial charge in [0.05, 0.1) is 16.7 Å². The molecule has 0 aromatic heterocycles. The smallest absolute Gasteiger partial charge is 0.202 e. The molecule has 1 aliphatic heterocycles. The molecule has 1 aliphatic rings. The van der Waals surface area contributed by atoms with Crippen molar-refractivity contribution in [1.82, 2.24) is 0 Å². The van der Waals surface area contributed by atoms with Gasteiger partial charge in [-0.2, -0.15) is 5.26 Å². The number of hydrogen-bond donors (Lipinski definition) is 0. The summed E-state index contributed by atoms with van der Waals surface area (Å²) in [6.07, 6.45) is 0. The van der Waals surface area contributed by atoms with Crippen LogP contribution in [-0.4, -0.2) is 19.4 Å². The fourth-order valence-electron chi connectivity index (χ4n) is 1.57. The highest BCUT2D eigenvalue weighted by Crippen LogP contribution is 2.33. The normalized spacial score (nSPS) is 21.8.